The van der Waals surface area contributed by atoms with Crippen LogP contribution in [0.15, 0.2) is 35.2 Å². The zero-order valence-corrected chi connectivity index (χ0v) is 12.6. The Morgan fingerprint density at radius 3 is 2.47 bits per heavy atom. The Bertz CT molecular complexity index is 381. The van der Waals surface area contributed by atoms with Gasteiger partial charge in [0.1, 0.15) is 0 Å². The summed E-state index contributed by atoms with van der Waals surface area (Å²) in [7, 11) is 0. The first kappa shape index (κ1) is 16.1. The molecule has 106 valence electrons. The average Bonchev–Trinajstić information content (AvgIpc) is 2.42. The molecular formula is C15H23NO2S. The van der Waals surface area contributed by atoms with E-state index in [2.05, 4.69) is 5.32 Å². The molecule has 2 atom stereocenters. The average molecular weight is 281 g/mol. The van der Waals surface area contributed by atoms with Crippen molar-refractivity contribution in [3.8, 4) is 0 Å². The number of thioether (sulfide) groups is 1. The highest BCUT2D eigenvalue weighted by Gasteiger charge is 2.19. The summed E-state index contributed by atoms with van der Waals surface area (Å²) in [4.78, 5) is 13.2. The van der Waals surface area contributed by atoms with Crippen LogP contribution >= 0.6 is 11.8 Å². The van der Waals surface area contributed by atoms with E-state index in [-0.39, 0.29) is 17.1 Å². The molecule has 0 spiro atoms. The molecule has 2 unspecified atom stereocenters. The summed E-state index contributed by atoms with van der Waals surface area (Å²) in [6, 6.07) is 9.90. The van der Waals surface area contributed by atoms with Gasteiger partial charge in [0.05, 0.1) is 11.4 Å². The summed E-state index contributed by atoms with van der Waals surface area (Å²) in [5.41, 5.74) is 0. The minimum Gasteiger partial charge on any atom is -0.391 e. The topological polar surface area (TPSA) is 49.3 Å². The molecule has 1 aromatic carbocycles. The van der Waals surface area contributed by atoms with Crippen LogP contribution in [0.3, 0.4) is 0 Å². The van der Waals surface area contributed by atoms with Crippen LogP contribution in [0.4, 0.5) is 0 Å². The predicted molar refractivity (Wildman–Crippen MR) is 80.2 cm³/mol. The maximum absolute atomic E-state index is 12.1. The van der Waals surface area contributed by atoms with Gasteiger partial charge in [-0.25, -0.2) is 0 Å². The quantitative estimate of drug-likeness (QED) is 0.756. The Balaban J connectivity index is 2.48. The van der Waals surface area contributed by atoms with Crippen LogP contribution in [-0.2, 0) is 4.79 Å². The second-order valence-corrected chi connectivity index (χ2v) is 6.16. The molecule has 3 nitrogen and oxygen atoms in total. The molecule has 0 fully saturated rings. The maximum Gasteiger partial charge on any atom is 0.233 e. The predicted octanol–water partition coefficient (Wildman–Crippen LogP) is 2.69. The zero-order valence-electron chi connectivity index (χ0n) is 11.8. The van der Waals surface area contributed by atoms with E-state index in [0.29, 0.717) is 6.54 Å². The second kappa shape index (κ2) is 8.23. The maximum atomic E-state index is 12.1. The third-order valence-corrected chi connectivity index (χ3v) is 4.32. The van der Waals surface area contributed by atoms with Gasteiger partial charge in [0.25, 0.3) is 0 Å². The van der Waals surface area contributed by atoms with Gasteiger partial charge in [-0.05, 0) is 24.5 Å². The highest BCUT2D eigenvalue weighted by molar-refractivity contribution is 8.00. The Labute approximate surface area is 119 Å². The molecule has 1 amide bonds. The standard InChI is InChI=1S/C15H23NO2S/c1-4-14(19-12-8-6-5-7-9-12)15(18)16-10-13(17)11(2)3/h5-9,11,13-14,17H,4,10H2,1-3H3,(H,16,18). The number of nitrogens with one attached hydrogen (secondary N) is 1. The van der Waals surface area contributed by atoms with Crippen molar-refractivity contribution in [2.24, 2.45) is 5.92 Å². The van der Waals surface area contributed by atoms with Gasteiger partial charge in [-0.2, -0.15) is 0 Å². The Morgan fingerprint density at radius 2 is 1.95 bits per heavy atom. The molecule has 0 bridgehead atoms. The fraction of sp³-hybridized carbons (Fsp3) is 0.533. The van der Waals surface area contributed by atoms with E-state index < -0.39 is 6.10 Å². The molecule has 0 heterocycles. The summed E-state index contributed by atoms with van der Waals surface area (Å²) >= 11 is 1.56. The number of rotatable bonds is 7. The molecule has 0 aliphatic heterocycles. The lowest BCUT2D eigenvalue weighted by Gasteiger charge is -2.18. The Hall–Kier alpha value is -1.00. The number of carbonyl (C=O) groups is 1. The van der Waals surface area contributed by atoms with Crippen molar-refractivity contribution in [1.82, 2.24) is 5.32 Å². The van der Waals surface area contributed by atoms with Crippen LogP contribution in [0.1, 0.15) is 27.2 Å². The Kier molecular flexibility index (Phi) is 6.95. The number of carbonyl (C=O) groups excluding carboxylic acids is 1. The van der Waals surface area contributed by atoms with Gasteiger partial charge >= 0.3 is 0 Å². The highest BCUT2D eigenvalue weighted by Crippen LogP contribution is 2.25. The molecule has 0 saturated carbocycles. The molecule has 1 aromatic rings. The summed E-state index contributed by atoms with van der Waals surface area (Å²) < 4.78 is 0. The van der Waals surface area contributed by atoms with Gasteiger partial charge in [-0.1, -0.05) is 39.0 Å². The smallest absolute Gasteiger partial charge is 0.233 e. The van der Waals surface area contributed by atoms with Gasteiger partial charge in [0, 0.05) is 11.4 Å². The number of aliphatic hydroxyl groups is 1. The van der Waals surface area contributed by atoms with E-state index in [1.165, 1.54) is 0 Å². The van der Waals surface area contributed by atoms with Gasteiger partial charge < -0.3 is 10.4 Å². The van der Waals surface area contributed by atoms with Crippen molar-refractivity contribution in [2.75, 3.05) is 6.54 Å². The van der Waals surface area contributed by atoms with Crippen LogP contribution < -0.4 is 5.32 Å². The molecule has 0 aliphatic rings. The van der Waals surface area contributed by atoms with Crippen molar-refractivity contribution in [1.29, 1.82) is 0 Å². The summed E-state index contributed by atoms with van der Waals surface area (Å²) in [6.45, 7) is 6.20. The first-order valence-corrected chi connectivity index (χ1v) is 7.60. The number of aliphatic hydroxyl groups excluding tert-OH is 1. The second-order valence-electron chi connectivity index (χ2n) is 4.88. The minimum absolute atomic E-state index is 0.00365. The monoisotopic (exact) mass is 281 g/mol. The van der Waals surface area contributed by atoms with E-state index in [1.807, 2.05) is 51.1 Å². The van der Waals surface area contributed by atoms with Gasteiger partial charge in [-0.15, -0.1) is 11.8 Å². The molecule has 1 rings (SSSR count). The molecule has 0 radical (unpaired) electrons. The molecule has 0 aromatic heterocycles. The normalized spacial score (nSPS) is 14.2. The summed E-state index contributed by atoms with van der Waals surface area (Å²) in [6.07, 6.45) is 0.284. The minimum atomic E-state index is -0.483. The van der Waals surface area contributed by atoms with E-state index in [9.17, 15) is 9.90 Å². The zero-order chi connectivity index (χ0) is 14.3. The lowest BCUT2D eigenvalue weighted by Crippen LogP contribution is -2.39. The highest BCUT2D eigenvalue weighted by atomic mass is 32.2. The molecule has 2 N–H and O–H groups in total. The fourth-order valence-corrected chi connectivity index (χ4v) is 2.54. The van der Waals surface area contributed by atoms with Crippen LogP contribution in [0.25, 0.3) is 0 Å². The Morgan fingerprint density at radius 1 is 1.32 bits per heavy atom. The first-order valence-electron chi connectivity index (χ1n) is 6.72. The van der Waals surface area contributed by atoms with Gasteiger partial charge in [0.15, 0.2) is 0 Å². The van der Waals surface area contributed by atoms with Gasteiger partial charge in [0.2, 0.25) is 5.91 Å². The molecular weight excluding hydrogens is 258 g/mol. The van der Waals surface area contributed by atoms with Crippen LogP contribution in [0.2, 0.25) is 0 Å². The van der Waals surface area contributed by atoms with E-state index in [0.717, 1.165) is 11.3 Å². The van der Waals surface area contributed by atoms with Crippen LogP contribution in [-0.4, -0.2) is 28.9 Å². The lowest BCUT2D eigenvalue weighted by molar-refractivity contribution is -0.121. The number of benzene rings is 1. The van der Waals surface area contributed by atoms with Crippen LogP contribution in [0.5, 0.6) is 0 Å². The van der Waals surface area contributed by atoms with Crippen molar-refractivity contribution in [2.45, 2.75) is 43.4 Å². The van der Waals surface area contributed by atoms with Crippen molar-refractivity contribution in [3.63, 3.8) is 0 Å². The first-order chi connectivity index (χ1) is 9.04. The summed E-state index contributed by atoms with van der Waals surface area (Å²) in [5, 5.41) is 12.4. The third-order valence-electron chi connectivity index (χ3n) is 2.94. The molecule has 0 aliphatic carbocycles. The molecule has 4 heteroatoms. The largest absolute Gasteiger partial charge is 0.391 e. The lowest BCUT2D eigenvalue weighted by atomic mass is 10.1. The van der Waals surface area contributed by atoms with Crippen molar-refractivity contribution in [3.05, 3.63) is 30.3 Å². The molecule has 19 heavy (non-hydrogen) atoms. The number of hydrogen-bond acceptors (Lipinski definition) is 3. The number of hydrogen-bond donors (Lipinski definition) is 2. The summed E-state index contributed by atoms with van der Waals surface area (Å²) in [5.74, 6) is 0.151. The SMILES string of the molecule is CCC(Sc1ccccc1)C(=O)NCC(O)C(C)C. The molecule has 0 saturated heterocycles. The fourth-order valence-electron chi connectivity index (χ4n) is 1.54. The van der Waals surface area contributed by atoms with E-state index >= 15 is 0 Å². The third kappa shape index (κ3) is 5.66. The van der Waals surface area contributed by atoms with E-state index in [4.69, 9.17) is 0 Å². The number of amides is 1. The van der Waals surface area contributed by atoms with Crippen molar-refractivity contribution >= 4 is 17.7 Å². The van der Waals surface area contributed by atoms with Crippen molar-refractivity contribution < 1.29 is 9.90 Å². The van der Waals surface area contributed by atoms with E-state index in [1.54, 1.807) is 11.8 Å². The van der Waals surface area contributed by atoms with Crippen LogP contribution in [0, 0.1) is 5.92 Å². The van der Waals surface area contributed by atoms with Gasteiger partial charge in [-0.3, -0.25) is 4.79 Å².